The summed E-state index contributed by atoms with van der Waals surface area (Å²) in [4.78, 5) is 17.3. The first-order valence-electron chi connectivity index (χ1n) is 7.37. The molecule has 1 amide bonds. The molecule has 0 aliphatic rings. The topological polar surface area (TPSA) is 42.0 Å². The third-order valence-corrected chi connectivity index (χ3v) is 5.03. The lowest BCUT2D eigenvalue weighted by atomic mass is 10.1. The van der Waals surface area contributed by atoms with Crippen LogP contribution in [0.4, 0.5) is 13.2 Å². The number of thiazole rings is 1. The van der Waals surface area contributed by atoms with Gasteiger partial charge in [-0.2, -0.15) is 13.2 Å². The van der Waals surface area contributed by atoms with E-state index < -0.39 is 17.6 Å². The van der Waals surface area contributed by atoms with Gasteiger partial charge in [0, 0.05) is 16.0 Å². The van der Waals surface area contributed by atoms with Crippen molar-refractivity contribution in [3.8, 4) is 0 Å². The van der Waals surface area contributed by atoms with Crippen LogP contribution in [0.1, 0.15) is 39.7 Å². The number of halogens is 4. The van der Waals surface area contributed by atoms with Crippen molar-refractivity contribution in [3.63, 3.8) is 0 Å². The van der Waals surface area contributed by atoms with E-state index in [1.165, 1.54) is 23.5 Å². The summed E-state index contributed by atoms with van der Waals surface area (Å²) in [6, 6.07) is 2.72. The van der Waals surface area contributed by atoms with Gasteiger partial charge in [0.15, 0.2) is 0 Å². The fourth-order valence-electron chi connectivity index (χ4n) is 2.29. The Morgan fingerprint density at radius 1 is 1.36 bits per heavy atom. The lowest BCUT2D eigenvalue weighted by Crippen LogP contribution is -2.24. The van der Waals surface area contributed by atoms with Gasteiger partial charge >= 0.3 is 6.18 Å². The van der Waals surface area contributed by atoms with Crippen LogP contribution < -0.4 is 5.32 Å². The monoisotopic (exact) mass is 388 g/mol. The summed E-state index contributed by atoms with van der Waals surface area (Å²) in [5.41, 5.74) is 0.158. The maximum atomic E-state index is 12.7. The zero-order valence-electron chi connectivity index (χ0n) is 13.7. The number of aromatic nitrogens is 1. The Bertz CT molecular complexity index is 815. The highest BCUT2D eigenvalue weighted by atomic mass is 35.5. The first-order valence-corrected chi connectivity index (χ1v) is 8.56. The molecule has 3 nitrogen and oxygen atoms in total. The Kier molecular flexibility index (Phi) is 5.90. The molecule has 2 aromatic rings. The molecule has 1 unspecified atom stereocenters. The van der Waals surface area contributed by atoms with Gasteiger partial charge in [-0.05, 0) is 50.6 Å². The number of alkyl halides is 3. The number of nitrogens with one attached hydrogen (secondary N) is 1. The van der Waals surface area contributed by atoms with Crippen molar-refractivity contribution < 1.29 is 18.0 Å². The van der Waals surface area contributed by atoms with E-state index in [4.69, 9.17) is 11.6 Å². The highest BCUT2D eigenvalue weighted by Crippen LogP contribution is 2.32. The normalized spacial score (nSPS) is 13.2. The van der Waals surface area contributed by atoms with Crippen molar-refractivity contribution in [3.05, 3.63) is 56.0 Å². The van der Waals surface area contributed by atoms with Gasteiger partial charge in [-0.25, -0.2) is 4.98 Å². The molecule has 0 radical (unpaired) electrons. The van der Waals surface area contributed by atoms with Crippen molar-refractivity contribution >= 4 is 34.9 Å². The van der Waals surface area contributed by atoms with E-state index in [1.54, 1.807) is 0 Å². The maximum Gasteiger partial charge on any atom is 0.416 e. The molecule has 0 saturated heterocycles. The van der Waals surface area contributed by atoms with Crippen molar-refractivity contribution in [2.45, 2.75) is 33.0 Å². The number of aryl methyl sites for hydroxylation is 2. The lowest BCUT2D eigenvalue weighted by molar-refractivity contribution is -0.137. The van der Waals surface area contributed by atoms with E-state index in [2.05, 4.69) is 10.3 Å². The zero-order chi connectivity index (χ0) is 18.8. The summed E-state index contributed by atoms with van der Waals surface area (Å²) in [6.45, 7) is 5.56. The Labute approximate surface area is 152 Å². The maximum absolute atomic E-state index is 12.7. The van der Waals surface area contributed by atoms with E-state index >= 15 is 0 Å². The Hall–Kier alpha value is -1.86. The minimum Gasteiger partial charge on any atom is -0.345 e. The molecule has 134 valence electrons. The molecule has 0 aliphatic heterocycles. The zero-order valence-corrected chi connectivity index (χ0v) is 15.3. The highest BCUT2D eigenvalue weighted by Gasteiger charge is 2.30. The second-order valence-electron chi connectivity index (χ2n) is 5.48. The fourth-order valence-corrected chi connectivity index (χ4v) is 3.40. The van der Waals surface area contributed by atoms with Crippen LogP contribution in [-0.2, 0) is 11.0 Å². The van der Waals surface area contributed by atoms with Crippen LogP contribution in [0.25, 0.3) is 6.08 Å². The van der Waals surface area contributed by atoms with Gasteiger partial charge in [-0.3, -0.25) is 4.79 Å². The molecule has 1 aromatic carbocycles. The molecule has 0 bridgehead atoms. The number of nitrogens with zero attached hydrogens (tertiary/aromatic N) is 1. The van der Waals surface area contributed by atoms with Crippen LogP contribution in [-0.4, -0.2) is 10.9 Å². The first-order chi connectivity index (χ1) is 11.6. The SMILES string of the molecule is Cc1nc(C)c(C(C)NC(=O)C=Cc2cc(C(F)(F)F)ccc2Cl)s1. The van der Waals surface area contributed by atoms with Crippen LogP contribution in [0.5, 0.6) is 0 Å². The molecular formula is C17H16ClF3N2OS. The predicted octanol–water partition coefficient (Wildman–Crippen LogP) is 5.32. The molecule has 0 fully saturated rings. The molecule has 2 rings (SSSR count). The summed E-state index contributed by atoms with van der Waals surface area (Å²) in [6.07, 6.45) is -2.03. The minimum absolute atomic E-state index is 0.129. The Morgan fingerprint density at radius 2 is 2.04 bits per heavy atom. The summed E-state index contributed by atoms with van der Waals surface area (Å²) < 4.78 is 38.2. The second kappa shape index (κ2) is 7.58. The minimum atomic E-state index is -4.47. The highest BCUT2D eigenvalue weighted by molar-refractivity contribution is 7.11. The second-order valence-corrected chi connectivity index (χ2v) is 7.12. The van der Waals surface area contributed by atoms with Crippen LogP contribution in [0.3, 0.4) is 0 Å². The van der Waals surface area contributed by atoms with Crippen molar-refractivity contribution in [1.82, 2.24) is 10.3 Å². The molecule has 8 heteroatoms. The van der Waals surface area contributed by atoms with Crippen LogP contribution >= 0.6 is 22.9 Å². The standard InChI is InChI=1S/C17H16ClF3N2OS/c1-9-16(25-11(3)22-9)10(2)23-15(24)7-4-12-8-13(17(19,20)21)5-6-14(12)18/h4-8,10H,1-3H3,(H,23,24). The summed E-state index contributed by atoms with van der Waals surface area (Å²) in [5.74, 6) is -0.425. The third-order valence-electron chi connectivity index (χ3n) is 3.43. The van der Waals surface area contributed by atoms with Crippen molar-refractivity contribution in [2.24, 2.45) is 0 Å². The van der Waals surface area contributed by atoms with Crippen LogP contribution in [0.15, 0.2) is 24.3 Å². The number of carbonyl (C=O) groups excluding carboxylic acids is 1. The van der Waals surface area contributed by atoms with E-state index in [1.807, 2.05) is 20.8 Å². The molecule has 25 heavy (non-hydrogen) atoms. The van der Waals surface area contributed by atoms with E-state index in [9.17, 15) is 18.0 Å². The number of hydrogen-bond acceptors (Lipinski definition) is 3. The molecule has 1 aromatic heterocycles. The van der Waals surface area contributed by atoms with Gasteiger partial charge in [0.25, 0.3) is 0 Å². The fraction of sp³-hybridized carbons (Fsp3) is 0.294. The van der Waals surface area contributed by atoms with E-state index in [-0.39, 0.29) is 16.6 Å². The van der Waals surface area contributed by atoms with Gasteiger partial charge in [-0.15, -0.1) is 11.3 Å². The lowest BCUT2D eigenvalue weighted by Gasteiger charge is -2.11. The van der Waals surface area contributed by atoms with Crippen molar-refractivity contribution in [1.29, 1.82) is 0 Å². The van der Waals surface area contributed by atoms with Gasteiger partial charge in [0.2, 0.25) is 5.91 Å². The van der Waals surface area contributed by atoms with Crippen LogP contribution in [0, 0.1) is 13.8 Å². The Morgan fingerprint density at radius 3 is 2.60 bits per heavy atom. The van der Waals surface area contributed by atoms with Gasteiger partial charge in [0.05, 0.1) is 22.3 Å². The smallest absolute Gasteiger partial charge is 0.345 e. The van der Waals surface area contributed by atoms with E-state index in [0.717, 1.165) is 33.8 Å². The van der Waals surface area contributed by atoms with Gasteiger partial charge in [0.1, 0.15) is 0 Å². The largest absolute Gasteiger partial charge is 0.416 e. The summed E-state index contributed by atoms with van der Waals surface area (Å²) in [7, 11) is 0. The number of amides is 1. The quantitative estimate of drug-likeness (QED) is 0.720. The summed E-state index contributed by atoms with van der Waals surface area (Å²) >= 11 is 7.39. The van der Waals surface area contributed by atoms with Gasteiger partial charge < -0.3 is 5.32 Å². The number of hydrogen-bond donors (Lipinski definition) is 1. The summed E-state index contributed by atoms with van der Waals surface area (Å²) in [5, 5.41) is 3.80. The molecule has 0 spiro atoms. The number of rotatable bonds is 4. The van der Waals surface area contributed by atoms with Crippen molar-refractivity contribution in [2.75, 3.05) is 0 Å². The molecule has 1 atom stereocenters. The average molecular weight is 389 g/mol. The number of benzene rings is 1. The molecule has 1 heterocycles. The van der Waals surface area contributed by atoms with Crippen LogP contribution in [0.2, 0.25) is 5.02 Å². The Balaban J connectivity index is 2.11. The van der Waals surface area contributed by atoms with Gasteiger partial charge in [-0.1, -0.05) is 11.6 Å². The van der Waals surface area contributed by atoms with E-state index in [0.29, 0.717) is 0 Å². The molecular weight excluding hydrogens is 373 g/mol. The number of carbonyl (C=O) groups is 1. The third kappa shape index (κ3) is 5.06. The molecule has 0 saturated carbocycles. The first kappa shape index (κ1) is 19.5. The molecule has 0 aliphatic carbocycles. The molecule has 1 N–H and O–H groups in total. The predicted molar refractivity (Wildman–Crippen MR) is 93.6 cm³/mol. The average Bonchev–Trinajstić information content (AvgIpc) is 2.84.